The van der Waals surface area contributed by atoms with Crippen molar-refractivity contribution in [1.82, 2.24) is 15.5 Å². The Morgan fingerprint density at radius 3 is 2.30 bits per heavy atom. The summed E-state index contributed by atoms with van der Waals surface area (Å²) in [5.41, 5.74) is 11.4. The van der Waals surface area contributed by atoms with Gasteiger partial charge in [0.15, 0.2) is 0 Å². The summed E-state index contributed by atoms with van der Waals surface area (Å²) in [5.74, 6) is -4.87. The molecule has 0 radical (unpaired) electrons. The summed E-state index contributed by atoms with van der Waals surface area (Å²) in [4.78, 5) is 62.3. The molecule has 0 aromatic heterocycles. The predicted molar refractivity (Wildman–Crippen MR) is 119 cm³/mol. The van der Waals surface area contributed by atoms with Crippen molar-refractivity contribution in [2.45, 2.75) is 83.0 Å². The summed E-state index contributed by atoms with van der Waals surface area (Å²) in [6.45, 7) is 4.19. The van der Waals surface area contributed by atoms with Gasteiger partial charge in [0.1, 0.15) is 18.1 Å². The molecule has 5 unspecified atom stereocenters. The van der Waals surface area contributed by atoms with Crippen molar-refractivity contribution in [1.29, 1.82) is 0 Å². The van der Waals surface area contributed by atoms with Crippen molar-refractivity contribution in [3.05, 3.63) is 0 Å². The van der Waals surface area contributed by atoms with Crippen LogP contribution in [-0.2, 0) is 24.0 Å². The Morgan fingerprint density at radius 2 is 1.76 bits per heavy atom. The van der Waals surface area contributed by atoms with Gasteiger partial charge in [-0.2, -0.15) is 0 Å². The van der Waals surface area contributed by atoms with Gasteiger partial charge in [0, 0.05) is 6.54 Å². The van der Waals surface area contributed by atoms with Crippen molar-refractivity contribution in [3.8, 4) is 0 Å². The van der Waals surface area contributed by atoms with Crippen LogP contribution in [0.1, 0.15) is 58.8 Å². The van der Waals surface area contributed by atoms with Crippen LogP contribution in [0.2, 0.25) is 0 Å². The third-order valence-electron chi connectivity index (χ3n) is 5.91. The van der Waals surface area contributed by atoms with E-state index >= 15 is 0 Å². The first-order valence-electron chi connectivity index (χ1n) is 11.3. The number of aliphatic carboxylic acids is 2. The fourth-order valence-electron chi connectivity index (χ4n) is 3.73. The second-order valence-electron chi connectivity index (χ2n) is 8.45. The first-order valence-corrected chi connectivity index (χ1v) is 11.3. The molecule has 1 aliphatic rings. The standard InChI is InChI=1S/C21H37N5O7/c1-3-12(2)17(25-18(29)13(23)7-4-5-9-22)19(30)24-14(11-16(27)28)20(31)26-10-6-8-15(26)21(32)33/h12-15,17H,3-11,22-23H2,1-2H3,(H,24,30)(H,25,29)(H,27,28)(H,32,33). The van der Waals surface area contributed by atoms with Crippen LogP contribution in [-0.4, -0.2) is 82.0 Å². The number of nitrogens with zero attached hydrogens (tertiary/aromatic N) is 1. The summed E-state index contributed by atoms with van der Waals surface area (Å²) in [7, 11) is 0. The summed E-state index contributed by atoms with van der Waals surface area (Å²) in [5, 5.41) is 23.6. The van der Waals surface area contributed by atoms with Gasteiger partial charge in [0.05, 0.1) is 12.5 Å². The second kappa shape index (κ2) is 13.7. The van der Waals surface area contributed by atoms with Crippen LogP contribution in [0.15, 0.2) is 0 Å². The van der Waals surface area contributed by atoms with Gasteiger partial charge in [0.2, 0.25) is 17.7 Å². The van der Waals surface area contributed by atoms with Gasteiger partial charge in [0.25, 0.3) is 0 Å². The lowest BCUT2D eigenvalue weighted by Gasteiger charge is -2.29. The van der Waals surface area contributed by atoms with Crippen molar-refractivity contribution in [2.75, 3.05) is 13.1 Å². The van der Waals surface area contributed by atoms with E-state index in [2.05, 4.69) is 10.6 Å². The van der Waals surface area contributed by atoms with E-state index in [0.29, 0.717) is 38.6 Å². The number of nitrogens with two attached hydrogens (primary N) is 2. The average Bonchev–Trinajstić information content (AvgIpc) is 3.25. The summed E-state index contributed by atoms with van der Waals surface area (Å²) < 4.78 is 0. The quantitative estimate of drug-likeness (QED) is 0.172. The molecule has 12 nitrogen and oxygen atoms in total. The van der Waals surface area contributed by atoms with Crippen LogP contribution in [0.25, 0.3) is 0 Å². The Hall–Kier alpha value is -2.73. The van der Waals surface area contributed by atoms with Gasteiger partial charge in [-0.25, -0.2) is 4.79 Å². The zero-order valence-corrected chi connectivity index (χ0v) is 19.3. The highest BCUT2D eigenvalue weighted by Gasteiger charge is 2.39. The number of nitrogens with one attached hydrogen (secondary N) is 2. The number of unbranched alkanes of at least 4 members (excludes halogenated alkanes) is 1. The Labute approximate surface area is 193 Å². The maximum atomic E-state index is 13.0. The third kappa shape index (κ3) is 8.61. The normalized spacial score (nSPS) is 19.3. The van der Waals surface area contributed by atoms with E-state index in [0.717, 1.165) is 4.90 Å². The van der Waals surface area contributed by atoms with E-state index in [9.17, 15) is 34.2 Å². The molecule has 0 saturated carbocycles. The van der Waals surface area contributed by atoms with Crippen molar-refractivity contribution >= 4 is 29.7 Å². The molecule has 1 heterocycles. The molecule has 1 rings (SSSR count). The SMILES string of the molecule is CCC(C)C(NC(=O)C(N)CCCCN)C(=O)NC(CC(=O)O)C(=O)N1CCCC1C(=O)O. The highest BCUT2D eigenvalue weighted by atomic mass is 16.4. The molecule has 0 spiro atoms. The monoisotopic (exact) mass is 471 g/mol. The molecular formula is C21H37N5O7. The van der Waals surface area contributed by atoms with Gasteiger partial charge in [-0.15, -0.1) is 0 Å². The number of carboxylic acid groups (broad SMARTS) is 2. The number of hydrogen-bond acceptors (Lipinski definition) is 7. The van der Waals surface area contributed by atoms with Gasteiger partial charge >= 0.3 is 11.9 Å². The zero-order chi connectivity index (χ0) is 25.1. The smallest absolute Gasteiger partial charge is 0.326 e. The largest absolute Gasteiger partial charge is 0.481 e. The number of carbonyl (C=O) groups is 5. The fourth-order valence-corrected chi connectivity index (χ4v) is 3.73. The molecule has 5 atom stereocenters. The van der Waals surface area contributed by atoms with E-state index in [1.54, 1.807) is 6.92 Å². The number of carboxylic acids is 2. The van der Waals surface area contributed by atoms with Crippen molar-refractivity contribution in [3.63, 3.8) is 0 Å². The number of likely N-dealkylation sites (tertiary alicyclic amines) is 1. The third-order valence-corrected chi connectivity index (χ3v) is 5.91. The Bertz CT molecular complexity index is 717. The van der Waals surface area contributed by atoms with E-state index < -0.39 is 60.2 Å². The molecule has 3 amide bonds. The summed E-state index contributed by atoms with van der Waals surface area (Å²) in [6.07, 6.45) is 2.28. The van der Waals surface area contributed by atoms with Crippen LogP contribution < -0.4 is 22.1 Å². The number of carbonyl (C=O) groups excluding carboxylic acids is 3. The number of hydrogen-bond donors (Lipinski definition) is 6. The Morgan fingerprint density at radius 1 is 1.09 bits per heavy atom. The molecule has 1 saturated heterocycles. The maximum absolute atomic E-state index is 13.0. The number of amides is 3. The Kier molecular flexibility index (Phi) is 11.8. The molecule has 0 bridgehead atoms. The minimum Gasteiger partial charge on any atom is -0.481 e. The second-order valence-corrected chi connectivity index (χ2v) is 8.45. The predicted octanol–water partition coefficient (Wildman–Crippen LogP) is -0.991. The van der Waals surface area contributed by atoms with E-state index in [4.69, 9.17) is 11.5 Å². The van der Waals surface area contributed by atoms with Crippen molar-refractivity contribution < 1.29 is 34.2 Å². The number of rotatable bonds is 14. The van der Waals surface area contributed by atoms with Gasteiger partial charge in [-0.05, 0) is 38.1 Å². The summed E-state index contributed by atoms with van der Waals surface area (Å²) in [6, 6.07) is -4.41. The molecular weight excluding hydrogens is 434 g/mol. The van der Waals surface area contributed by atoms with Crippen LogP contribution in [0, 0.1) is 5.92 Å². The molecule has 33 heavy (non-hydrogen) atoms. The fraction of sp³-hybridized carbons (Fsp3) is 0.762. The van der Waals surface area contributed by atoms with Crippen LogP contribution in [0.4, 0.5) is 0 Å². The Balaban J connectivity index is 2.97. The molecule has 0 aromatic carbocycles. The molecule has 188 valence electrons. The minimum atomic E-state index is -1.46. The van der Waals surface area contributed by atoms with Gasteiger partial charge in [-0.3, -0.25) is 19.2 Å². The molecule has 12 heteroatoms. The molecule has 0 aliphatic carbocycles. The lowest BCUT2D eigenvalue weighted by Crippen LogP contribution is -2.59. The van der Waals surface area contributed by atoms with Crippen LogP contribution in [0.5, 0.6) is 0 Å². The van der Waals surface area contributed by atoms with E-state index in [-0.39, 0.29) is 18.9 Å². The molecule has 0 aromatic rings. The minimum absolute atomic E-state index is 0.158. The van der Waals surface area contributed by atoms with Gasteiger partial charge in [-0.1, -0.05) is 26.7 Å². The maximum Gasteiger partial charge on any atom is 0.326 e. The zero-order valence-electron chi connectivity index (χ0n) is 19.3. The summed E-state index contributed by atoms with van der Waals surface area (Å²) >= 11 is 0. The van der Waals surface area contributed by atoms with Crippen molar-refractivity contribution in [2.24, 2.45) is 17.4 Å². The highest BCUT2D eigenvalue weighted by Crippen LogP contribution is 2.19. The highest BCUT2D eigenvalue weighted by molar-refractivity contribution is 5.95. The lowest BCUT2D eigenvalue weighted by molar-refractivity contribution is -0.150. The lowest BCUT2D eigenvalue weighted by atomic mass is 9.97. The first-order chi connectivity index (χ1) is 15.5. The van der Waals surface area contributed by atoms with Crippen LogP contribution in [0.3, 0.4) is 0 Å². The first kappa shape index (κ1) is 28.3. The van der Waals surface area contributed by atoms with E-state index in [1.165, 1.54) is 0 Å². The molecule has 1 aliphatic heterocycles. The average molecular weight is 472 g/mol. The molecule has 8 N–H and O–H groups in total. The van der Waals surface area contributed by atoms with Crippen LogP contribution >= 0.6 is 0 Å². The van der Waals surface area contributed by atoms with E-state index in [1.807, 2.05) is 6.92 Å². The topological polar surface area (TPSA) is 205 Å². The van der Waals surface area contributed by atoms with Gasteiger partial charge < -0.3 is 37.2 Å². The molecule has 1 fully saturated rings.